The molecular formula is C19H23N3O. The molecule has 2 aromatic rings. The van der Waals surface area contributed by atoms with Crippen molar-refractivity contribution in [1.82, 2.24) is 9.88 Å². The molecule has 1 aliphatic rings. The van der Waals surface area contributed by atoms with Crippen LogP contribution in [0.15, 0.2) is 42.7 Å². The van der Waals surface area contributed by atoms with Crippen LogP contribution in [-0.2, 0) is 6.54 Å². The number of hydrogen-bond donors (Lipinski definition) is 1. The maximum absolute atomic E-state index is 12.7. The summed E-state index contributed by atoms with van der Waals surface area (Å²) in [4.78, 5) is 18.7. The highest BCUT2D eigenvalue weighted by atomic mass is 16.2. The third kappa shape index (κ3) is 3.89. The highest BCUT2D eigenvalue weighted by Gasteiger charge is 2.19. The first-order valence-corrected chi connectivity index (χ1v) is 8.27. The van der Waals surface area contributed by atoms with Crippen molar-refractivity contribution in [3.05, 3.63) is 59.4 Å². The van der Waals surface area contributed by atoms with Crippen LogP contribution in [-0.4, -0.2) is 28.9 Å². The highest BCUT2D eigenvalue weighted by molar-refractivity contribution is 5.96. The molecule has 1 aromatic carbocycles. The topological polar surface area (TPSA) is 45.2 Å². The van der Waals surface area contributed by atoms with Gasteiger partial charge in [-0.1, -0.05) is 6.07 Å². The Morgan fingerprint density at radius 1 is 1.13 bits per heavy atom. The van der Waals surface area contributed by atoms with Crippen LogP contribution in [0.4, 0.5) is 5.69 Å². The predicted octanol–water partition coefficient (Wildman–Crippen LogP) is 3.63. The van der Waals surface area contributed by atoms with Crippen LogP contribution in [0.25, 0.3) is 0 Å². The number of aryl methyl sites for hydroxylation is 1. The maximum Gasteiger partial charge on any atom is 0.254 e. The molecular weight excluding hydrogens is 286 g/mol. The van der Waals surface area contributed by atoms with Crippen molar-refractivity contribution in [2.24, 2.45) is 0 Å². The number of likely N-dealkylation sites (tertiary alicyclic amines) is 1. The molecule has 1 aliphatic heterocycles. The summed E-state index contributed by atoms with van der Waals surface area (Å²) in [6.45, 7) is 4.49. The number of aromatic nitrogens is 1. The van der Waals surface area contributed by atoms with Gasteiger partial charge in [0.1, 0.15) is 0 Å². The van der Waals surface area contributed by atoms with Gasteiger partial charge >= 0.3 is 0 Å². The molecule has 0 atom stereocenters. The number of piperidine rings is 1. The van der Waals surface area contributed by atoms with Crippen LogP contribution in [0.2, 0.25) is 0 Å². The number of amides is 1. The lowest BCUT2D eigenvalue weighted by atomic mass is 10.0. The van der Waals surface area contributed by atoms with Gasteiger partial charge in [-0.05, 0) is 61.6 Å². The average molecular weight is 309 g/mol. The first-order valence-electron chi connectivity index (χ1n) is 8.27. The Bertz CT molecular complexity index is 664. The first kappa shape index (κ1) is 15.5. The van der Waals surface area contributed by atoms with E-state index in [0.29, 0.717) is 0 Å². The van der Waals surface area contributed by atoms with Crippen molar-refractivity contribution in [2.75, 3.05) is 18.4 Å². The Morgan fingerprint density at radius 3 is 2.61 bits per heavy atom. The fourth-order valence-corrected chi connectivity index (χ4v) is 2.93. The van der Waals surface area contributed by atoms with E-state index < -0.39 is 0 Å². The molecule has 0 radical (unpaired) electrons. The second-order valence-corrected chi connectivity index (χ2v) is 6.09. The standard InChI is InChI=1S/C19H23N3O/c1-15-5-6-17(21-14-16-7-9-20-10-8-16)13-18(15)19(23)22-11-3-2-4-12-22/h5-10,13,21H,2-4,11-12,14H2,1H3. The molecule has 1 amide bonds. The SMILES string of the molecule is Cc1ccc(NCc2ccncc2)cc1C(=O)N1CCCCC1. The molecule has 23 heavy (non-hydrogen) atoms. The van der Waals surface area contributed by atoms with E-state index in [4.69, 9.17) is 0 Å². The number of carbonyl (C=O) groups excluding carboxylic acids is 1. The molecule has 0 bridgehead atoms. The summed E-state index contributed by atoms with van der Waals surface area (Å²) in [5, 5.41) is 3.39. The zero-order valence-electron chi connectivity index (χ0n) is 13.6. The highest BCUT2D eigenvalue weighted by Crippen LogP contribution is 2.20. The van der Waals surface area contributed by atoms with Gasteiger partial charge in [-0.3, -0.25) is 9.78 Å². The molecule has 0 unspecified atom stereocenters. The van der Waals surface area contributed by atoms with Crippen LogP contribution in [0.3, 0.4) is 0 Å². The molecule has 120 valence electrons. The number of rotatable bonds is 4. The second-order valence-electron chi connectivity index (χ2n) is 6.09. The van der Waals surface area contributed by atoms with E-state index in [1.165, 1.54) is 12.0 Å². The van der Waals surface area contributed by atoms with Crippen molar-refractivity contribution in [1.29, 1.82) is 0 Å². The summed E-state index contributed by atoms with van der Waals surface area (Å²) in [6, 6.07) is 10.0. The van der Waals surface area contributed by atoms with Crippen LogP contribution in [0, 0.1) is 6.92 Å². The van der Waals surface area contributed by atoms with Crippen molar-refractivity contribution >= 4 is 11.6 Å². The number of anilines is 1. The predicted molar refractivity (Wildman–Crippen MR) is 92.5 cm³/mol. The van der Waals surface area contributed by atoms with Crippen LogP contribution in [0.5, 0.6) is 0 Å². The molecule has 4 nitrogen and oxygen atoms in total. The van der Waals surface area contributed by atoms with Crippen molar-refractivity contribution < 1.29 is 4.79 Å². The number of nitrogens with zero attached hydrogens (tertiary/aromatic N) is 2. The molecule has 4 heteroatoms. The van der Waals surface area contributed by atoms with E-state index in [1.807, 2.05) is 42.2 Å². The molecule has 1 saturated heterocycles. The Morgan fingerprint density at radius 2 is 1.87 bits per heavy atom. The maximum atomic E-state index is 12.7. The smallest absolute Gasteiger partial charge is 0.254 e. The Labute approximate surface area is 137 Å². The van der Waals surface area contributed by atoms with Gasteiger partial charge in [0.15, 0.2) is 0 Å². The molecule has 1 N–H and O–H groups in total. The summed E-state index contributed by atoms with van der Waals surface area (Å²) in [6.07, 6.45) is 7.04. The van der Waals surface area contributed by atoms with Gasteiger partial charge in [-0.2, -0.15) is 0 Å². The van der Waals surface area contributed by atoms with E-state index in [-0.39, 0.29) is 5.91 Å². The number of hydrogen-bond acceptors (Lipinski definition) is 3. The van der Waals surface area contributed by atoms with E-state index in [0.717, 1.165) is 49.3 Å². The number of carbonyl (C=O) groups is 1. The molecule has 3 rings (SSSR count). The second kappa shape index (κ2) is 7.27. The molecule has 0 aliphatic carbocycles. The summed E-state index contributed by atoms with van der Waals surface area (Å²) in [5.74, 6) is 0.162. The monoisotopic (exact) mass is 309 g/mol. The molecule has 1 aromatic heterocycles. The third-order valence-corrected chi connectivity index (χ3v) is 4.36. The number of benzene rings is 1. The van der Waals surface area contributed by atoms with Crippen molar-refractivity contribution in [3.8, 4) is 0 Å². The summed E-state index contributed by atoms with van der Waals surface area (Å²) in [5.41, 5.74) is 4.00. The summed E-state index contributed by atoms with van der Waals surface area (Å²) >= 11 is 0. The van der Waals surface area contributed by atoms with Crippen LogP contribution >= 0.6 is 0 Å². The minimum Gasteiger partial charge on any atom is -0.381 e. The summed E-state index contributed by atoms with van der Waals surface area (Å²) in [7, 11) is 0. The number of nitrogens with one attached hydrogen (secondary N) is 1. The van der Waals surface area contributed by atoms with E-state index >= 15 is 0 Å². The van der Waals surface area contributed by atoms with Gasteiger partial charge in [-0.15, -0.1) is 0 Å². The van der Waals surface area contributed by atoms with Crippen LogP contribution < -0.4 is 5.32 Å². The van der Waals surface area contributed by atoms with Crippen molar-refractivity contribution in [2.45, 2.75) is 32.7 Å². The summed E-state index contributed by atoms with van der Waals surface area (Å²) < 4.78 is 0. The lowest BCUT2D eigenvalue weighted by Crippen LogP contribution is -2.36. The minimum absolute atomic E-state index is 0.162. The third-order valence-electron chi connectivity index (χ3n) is 4.36. The Kier molecular flexibility index (Phi) is 4.91. The van der Waals surface area contributed by atoms with Crippen molar-refractivity contribution in [3.63, 3.8) is 0 Å². The van der Waals surface area contributed by atoms with E-state index in [9.17, 15) is 4.79 Å². The fourth-order valence-electron chi connectivity index (χ4n) is 2.93. The van der Waals surface area contributed by atoms with Gasteiger partial charge in [0.25, 0.3) is 5.91 Å². The van der Waals surface area contributed by atoms with Gasteiger partial charge < -0.3 is 10.2 Å². The Balaban J connectivity index is 1.72. The van der Waals surface area contributed by atoms with Crippen LogP contribution in [0.1, 0.15) is 40.7 Å². The van der Waals surface area contributed by atoms with Gasteiger partial charge in [0, 0.05) is 43.3 Å². The first-order chi connectivity index (χ1) is 11.2. The number of pyridine rings is 1. The normalized spacial score (nSPS) is 14.6. The molecule has 2 heterocycles. The fraction of sp³-hybridized carbons (Fsp3) is 0.368. The lowest BCUT2D eigenvalue weighted by Gasteiger charge is -2.27. The molecule has 0 saturated carbocycles. The van der Waals surface area contributed by atoms with E-state index in [2.05, 4.69) is 10.3 Å². The minimum atomic E-state index is 0.162. The van der Waals surface area contributed by atoms with E-state index in [1.54, 1.807) is 12.4 Å². The van der Waals surface area contributed by atoms with Gasteiger partial charge in [0.2, 0.25) is 0 Å². The zero-order valence-corrected chi connectivity index (χ0v) is 13.6. The Hall–Kier alpha value is -2.36. The van der Waals surface area contributed by atoms with Gasteiger partial charge in [0.05, 0.1) is 0 Å². The quantitative estimate of drug-likeness (QED) is 0.938. The molecule has 1 fully saturated rings. The zero-order chi connectivity index (χ0) is 16.1. The lowest BCUT2D eigenvalue weighted by molar-refractivity contribution is 0.0723. The largest absolute Gasteiger partial charge is 0.381 e. The molecule has 0 spiro atoms. The average Bonchev–Trinajstić information content (AvgIpc) is 2.62. The van der Waals surface area contributed by atoms with Gasteiger partial charge in [-0.25, -0.2) is 0 Å².